The molecule has 0 saturated carbocycles. The first-order valence-corrected chi connectivity index (χ1v) is 7.64. The lowest BCUT2D eigenvalue weighted by molar-refractivity contribution is -0.132. The topological polar surface area (TPSA) is 83.7 Å². The van der Waals surface area contributed by atoms with Crippen LogP contribution in [0.4, 0.5) is 0 Å². The van der Waals surface area contributed by atoms with Crippen LogP contribution in [-0.4, -0.2) is 62.0 Å². The van der Waals surface area contributed by atoms with Gasteiger partial charge in [-0.2, -0.15) is 4.31 Å². The highest BCUT2D eigenvalue weighted by molar-refractivity contribution is 7.88. The van der Waals surface area contributed by atoms with Crippen LogP contribution in [0, 0.1) is 0 Å². The van der Waals surface area contributed by atoms with E-state index in [0.717, 1.165) is 0 Å². The largest absolute Gasteiger partial charge is 0.340 e. The summed E-state index contributed by atoms with van der Waals surface area (Å²) < 4.78 is 24.0. The number of hydrogen-bond acceptors (Lipinski definition) is 4. The van der Waals surface area contributed by atoms with E-state index in [9.17, 15) is 13.2 Å². The van der Waals surface area contributed by atoms with Gasteiger partial charge in [0, 0.05) is 38.6 Å². The van der Waals surface area contributed by atoms with Crippen LogP contribution in [0.25, 0.3) is 0 Å². The Hall–Kier alpha value is -0.370. The number of sulfonamides is 1. The Morgan fingerprint density at radius 2 is 1.78 bits per heavy atom. The van der Waals surface area contributed by atoms with Crippen molar-refractivity contribution in [2.75, 3.05) is 32.4 Å². The number of piperazine rings is 1. The van der Waals surface area contributed by atoms with Gasteiger partial charge >= 0.3 is 0 Å². The summed E-state index contributed by atoms with van der Waals surface area (Å²) in [7, 11) is -3.13. The van der Waals surface area contributed by atoms with E-state index in [1.165, 1.54) is 10.6 Å². The maximum atomic E-state index is 11.8. The Morgan fingerprint density at radius 1 is 1.28 bits per heavy atom. The van der Waals surface area contributed by atoms with Gasteiger partial charge in [-0.05, 0) is 13.3 Å². The lowest BCUT2D eigenvalue weighted by Gasteiger charge is -2.33. The molecule has 1 unspecified atom stereocenters. The van der Waals surface area contributed by atoms with Crippen LogP contribution in [0.1, 0.15) is 19.8 Å². The molecule has 1 aliphatic heterocycles. The first-order valence-electron chi connectivity index (χ1n) is 5.79. The Kier molecular flexibility index (Phi) is 7.13. The normalized spacial score (nSPS) is 19.2. The maximum Gasteiger partial charge on any atom is 0.222 e. The molecule has 2 N–H and O–H groups in total. The molecule has 1 aliphatic rings. The average Bonchev–Trinajstić information content (AvgIpc) is 2.25. The highest BCUT2D eigenvalue weighted by atomic mass is 35.5. The van der Waals surface area contributed by atoms with E-state index in [0.29, 0.717) is 39.0 Å². The van der Waals surface area contributed by atoms with Gasteiger partial charge in [-0.3, -0.25) is 4.79 Å². The van der Waals surface area contributed by atoms with Crippen LogP contribution in [0.15, 0.2) is 0 Å². The van der Waals surface area contributed by atoms with Gasteiger partial charge in [-0.15, -0.1) is 12.4 Å². The van der Waals surface area contributed by atoms with Crippen molar-refractivity contribution in [1.29, 1.82) is 0 Å². The van der Waals surface area contributed by atoms with E-state index in [-0.39, 0.29) is 24.4 Å². The number of amides is 1. The second kappa shape index (κ2) is 7.28. The van der Waals surface area contributed by atoms with Gasteiger partial charge in [0.25, 0.3) is 0 Å². The van der Waals surface area contributed by atoms with Crippen LogP contribution in [0.5, 0.6) is 0 Å². The van der Waals surface area contributed by atoms with Crippen molar-refractivity contribution >= 4 is 28.3 Å². The van der Waals surface area contributed by atoms with E-state index in [4.69, 9.17) is 5.73 Å². The Labute approximate surface area is 115 Å². The van der Waals surface area contributed by atoms with E-state index < -0.39 is 10.0 Å². The molecule has 0 radical (unpaired) electrons. The Morgan fingerprint density at radius 3 is 2.17 bits per heavy atom. The lowest BCUT2D eigenvalue weighted by Crippen LogP contribution is -2.50. The van der Waals surface area contributed by atoms with Gasteiger partial charge in [0.2, 0.25) is 15.9 Å². The smallest absolute Gasteiger partial charge is 0.222 e. The summed E-state index contributed by atoms with van der Waals surface area (Å²) in [6.45, 7) is 3.61. The van der Waals surface area contributed by atoms with Gasteiger partial charge in [-0.1, -0.05) is 0 Å². The molecule has 1 saturated heterocycles. The number of carbonyl (C=O) groups excluding carboxylic acids is 1. The number of nitrogens with zero attached hydrogens (tertiary/aromatic N) is 2. The summed E-state index contributed by atoms with van der Waals surface area (Å²) in [5.74, 6) is 0.0652. The number of halogens is 1. The minimum Gasteiger partial charge on any atom is -0.340 e. The highest BCUT2D eigenvalue weighted by Crippen LogP contribution is 2.08. The zero-order valence-electron chi connectivity index (χ0n) is 10.8. The van der Waals surface area contributed by atoms with Crippen LogP contribution in [0.2, 0.25) is 0 Å². The Bertz CT molecular complexity index is 365. The monoisotopic (exact) mass is 299 g/mol. The van der Waals surface area contributed by atoms with Crippen LogP contribution in [0.3, 0.4) is 0 Å². The summed E-state index contributed by atoms with van der Waals surface area (Å²) in [5.41, 5.74) is 5.59. The maximum absolute atomic E-state index is 11.8. The average molecular weight is 300 g/mol. The molecular formula is C10H22ClN3O3S. The number of hydrogen-bond donors (Lipinski definition) is 1. The number of carbonyl (C=O) groups is 1. The van der Waals surface area contributed by atoms with Gasteiger partial charge in [0.1, 0.15) is 0 Å². The van der Waals surface area contributed by atoms with Crippen molar-refractivity contribution in [2.24, 2.45) is 5.73 Å². The fourth-order valence-electron chi connectivity index (χ4n) is 1.78. The van der Waals surface area contributed by atoms with Gasteiger partial charge in [0.15, 0.2) is 0 Å². The molecule has 0 aliphatic carbocycles. The number of nitrogens with two attached hydrogens (primary N) is 1. The van der Waals surface area contributed by atoms with Crippen LogP contribution >= 0.6 is 12.4 Å². The SMILES string of the molecule is CC(N)CCC(=O)N1CCN(S(C)(=O)=O)CC1.Cl. The predicted molar refractivity (Wildman–Crippen MR) is 73.1 cm³/mol. The zero-order chi connectivity index (χ0) is 13.1. The van der Waals surface area contributed by atoms with Crippen molar-refractivity contribution in [1.82, 2.24) is 9.21 Å². The molecule has 0 aromatic carbocycles. The molecule has 0 bridgehead atoms. The molecule has 0 aromatic rings. The quantitative estimate of drug-likeness (QED) is 0.768. The summed E-state index contributed by atoms with van der Waals surface area (Å²) in [6, 6.07) is 0.0243. The highest BCUT2D eigenvalue weighted by Gasteiger charge is 2.25. The summed E-state index contributed by atoms with van der Waals surface area (Å²) in [4.78, 5) is 13.5. The van der Waals surface area contributed by atoms with Gasteiger partial charge < -0.3 is 10.6 Å². The standard InChI is InChI=1S/C10H21N3O3S.ClH/c1-9(11)3-4-10(14)12-5-7-13(8-6-12)17(2,15)16;/h9H,3-8,11H2,1-2H3;1H. The van der Waals surface area contributed by atoms with Crippen LogP contribution < -0.4 is 5.73 Å². The number of rotatable bonds is 4. The second-order valence-electron chi connectivity index (χ2n) is 4.56. The second-order valence-corrected chi connectivity index (χ2v) is 6.54. The van der Waals surface area contributed by atoms with Crippen molar-refractivity contribution in [3.05, 3.63) is 0 Å². The molecule has 108 valence electrons. The molecule has 6 nitrogen and oxygen atoms in total. The zero-order valence-corrected chi connectivity index (χ0v) is 12.5. The Balaban J connectivity index is 0.00000289. The first-order chi connectivity index (χ1) is 7.80. The van der Waals surface area contributed by atoms with Crippen molar-refractivity contribution in [3.8, 4) is 0 Å². The molecular weight excluding hydrogens is 278 g/mol. The van der Waals surface area contributed by atoms with Crippen molar-refractivity contribution < 1.29 is 13.2 Å². The van der Waals surface area contributed by atoms with E-state index in [1.54, 1.807) is 4.90 Å². The minimum absolute atomic E-state index is 0. The molecule has 1 fully saturated rings. The molecule has 0 spiro atoms. The summed E-state index contributed by atoms with van der Waals surface area (Å²) in [6.07, 6.45) is 2.31. The third-order valence-corrected chi connectivity index (χ3v) is 4.18. The van der Waals surface area contributed by atoms with Crippen LogP contribution in [-0.2, 0) is 14.8 Å². The predicted octanol–water partition coefficient (Wildman–Crippen LogP) is -0.361. The molecule has 1 rings (SSSR count). The van der Waals surface area contributed by atoms with Gasteiger partial charge in [0.05, 0.1) is 6.26 Å². The molecule has 1 heterocycles. The fraction of sp³-hybridized carbons (Fsp3) is 0.900. The summed E-state index contributed by atoms with van der Waals surface area (Å²) in [5, 5.41) is 0. The van der Waals surface area contributed by atoms with E-state index in [2.05, 4.69) is 0 Å². The molecule has 1 amide bonds. The molecule has 0 aromatic heterocycles. The molecule has 1 atom stereocenters. The minimum atomic E-state index is -3.13. The molecule has 18 heavy (non-hydrogen) atoms. The third kappa shape index (κ3) is 5.51. The first kappa shape index (κ1) is 17.6. The lowest BCUT2D eigenvalue weighted by atomic mass is 10.2. The van der Waals surface area contributed by atoms with E-state index in [1.807, 2.05) is 6.92 Å². The van der Waals surface area contributed by atoms with E-state index >= 15 is 0 Å². The van der Waals surface area contributed by atoms with Crippen molar-refractivity contribution in [3.63, 3.8) is 0 Å². The molecule has 8 heteroatoms. The summed E-state index contributed by atoms with van der Waals surface area (Å²) >= 11 is 0. The third-order valence-electron chi connectivity index (χ3n) is 2.87. The van der Waals surface area contributed by atoms with Gasteiger partial charge in [-0.25, -0.2) is 8.42 Å². The fourth-order valence-corrected chi connectivity index (χ4v) is 2.60. The van der Waals surface area contributed by atoms with Crippen molar-refractivity contribution in [2.45, 2.75) is 25.8 Å².